The van der Waals surface area contributed by atoms with Gasteiger partial charge in [-0.1, -0.05) is 19.1 Å². The highest BCUT2D eigenvalue weighted by Gasteiger charge is 2.04. The Hall–Kier alpha value is -1.87. The first-order chi connectivity index (χ1) is 8.29. The van der Waals surface area contributed by atoms with Crippen LogP contribution in [0.4, 0.5) is 5.69 Å². The molecule has 0 unspecified atom stereocenters. The molecule has 94 valence electrons. The SMILES string of the molecule is CCc1ccc(NC(=O)c2cccnc2)cc1.Cl. The third-order valence-corrected chi connectivity index (χ3v) is 2.54. The second-order valence-corrected chi connectivity index (χ2v) is 3.75. The number of amides is 1. The van der Waals surface area contributed by atoms with Crippen molar-refractivity contribution in [2.45, 2.75) is 13.3 Å². The van der Waals surface area contributed by atoms with Crippen molar-refractivity contribution in [3.05, 3.63) is 59.9 Å². The summed E-state index contributed by atoms with van der Waals surface area (Å²) in [4.78, 5) is 15.7. The smallest absolute Gasteiger partial charge is 0.257 e. The van der Waals surface area contributed by atoms with Crippen molar-refractivity contribution in [2.75, 3.05) is 5.32 Å². The number of benzene rings is 1. The molecule has 0 saturated carbocycles. The van der Waals surface area contributed by atoms with Crippen LogP contribution in [0.3, 0.4) is 0 Å². The predicted octanol–water partition coefficient (Wildman–Crippen LogP) is 3.32. The third kappa shape index (κ3) is 3.57. The number of aryl methyl sites for hydroxylation is 1. The zero-order chi connectivity index (χ0) is 12.1. The van der Waals surface area contributed by atoms with Crippen LogP contribution in [0.25, 0.3) is 0 Å². The monoisotopic (exact) mass is 262 g/mol. The van der Waals surface area contributed by atoms with E-state index in [9.17, 15) is 4.79 Å². The molecule has 0 spiro atoms. The number of aromatic nitrogens is 1. The van der Waals surface area contributed by atoms with Crippen molar-refractivity contribution in [2.24, 2.45) is 0 Å². The van der Waals surface area contributed by atoms with Crippen molar-refractivity contribution in [3.63, 3.8) is 0 Å². The molecular weight excluding hydrogens is 248 g/mol. The van der Waals surface area contributed by atoms with E-state index >= 15 is 0 Å². The van der Waals surface area contributed by atoms with E-state index in [1.165, 1.54) is 5.56 Å². The van der Waals surface area contributed by atoms with Gasteiger partial charge in [0, 0.05) is 18.1 Å². The van der Waals surface area contributed by atoms with E-state index in [-0.39, 0.29) is 18.3 Å². The topological polar surface area (TPSA) is 42.0 Å². The fourth-order valence-electron chi connectivity index (χ4n) is 1.52. The molecule has 2 aromatic rings. The summed E-state index contributed by atoms with van der Waals surface area (Å²) < 4.78 is 0. The lowest BCUT2D eigenvalue weighted by Crippen LogP contribution is -2.11. The lowest BCUT2D eigenvalue weighted by molar-refractivity contribution is 0.102. The van der Waals surface area contributed by atoms with Crippen LogP contribution in [0.1, 0.15) is 22.8 Å². The van der Waals surface area contributed by atoms with Crippen molar-refractivity contribution >= 4 is 24.0 Å². The number of nitrogens with one attached hydrogen (secondary N) is 1. The average Bonchev–Trinajstić information content (AvgIpc) is 2.40. The lowest BCUT2D eigenvalue weighted by Gasteiger charge is -2.05. The maximum absolute atomic E-state index is 11.8. The minimum absolute atomic E-state index is 0. The van der Waals surface area contributed by atoms with Crippen LogP contribution in [-0.2, 0) is 6.42 Å². The maximum Gasteiger partial charge on any atom is 0.257 e. The number of hydrogen-bond acceptors (Lipinski definition) is 2. The predicted molar refractivity (Wildman–Crippen MR) is 75.3 cm³/mol. The van der Waals surface area contributed by atoms with Gasteiger partial charge in [-0.05, 0) is 36.2 Å². The Morgan fingerprint density at radius 3 is 2.50 bits per heavy atom. The fourth-order valence-corrected chi connectivity index (χ4v) is 1.52. The number of carbonyl (C=O) groups is 1. The van der Waals surface area contributed by atoms with E-state index in [1.807, 2.05) is 24.3 Å². The van der Waals surface area contributed by atoms with Crippen molar-refractivity contribution < 1.29 is 4.79 Å². The molecule has 1 amide bonds. The van der Waals surface area contributed by atoms with E-state index in [2.05, 4.69) is 17.2 Å². The number of pyridine rings is 1. The molecule has 18 heavy (non-hydrogen) atoms. The van der Waals surface area contributed by atoms with E-state index in [0.29, 0.717) is 5.56 Å². The van der Waals surface area contributed by atoms with Crippen LogP contribution >= 0.6 is 12.4 Å². The van der Waals surface area contributed by atoms with Crippen LogP contribution < -0.4 is 5.32 Å². The summed E-state index contributed by atoms with van der Waals surface area (Å²) in [6, 6.07) is 11.3. The first-order valence-corrected chi connectivity index (χ1v) is 5.60. The van der Waals surface area contributed by atoms with Gasteiger partial charge in [0.1, 0.15) is 0 Å². The number of halogens is 1. The Kier molecular flexibility index (Phi) is 5.33. The molecule has 0 bridgehead atoms. The molecule has 0 aliphatic rings. The highest BCUT2D eigenvalue weighted by atomic mass is 35.5. The molecule has 0 radical (unpaired) electrons. The molecule has 2 rings (SSSR count). The fraction of sp³-hybridized carbons (Fsp3) is 0.143. The second kappa shape index (κ2) is 6.77. The van der Waals surface area contributed by atoms with Gasteiger partial charge in [0.25, 0.3) is 5.91 Å². The molecule has 0 saturated heterocycles. The van der Waals surface area contributed by atoms with Crippen LogP contribution in [0.15, 0.2) is 48.8 Å². The average molecular weight is 263 g/mol. The van der Waals surface area contributed by atoms with E-state index < -0.39 is 0 Å². The second-order valence-electron chi connectivity index (χ2n) is 3.75. The van der Waals surface area contributed by atoms with Gasteiger partial charge in [-0.15, -0.1) is 12.4 Å². The number of anilines is 1. The standard InChI is InChI=1S/C14H14N2O.ClH/c1-2-11-5-7-13(8-6-11)16-14(17)12-4-3-9-15-10-12;/h3-10H,2H2,1H3,(H,16,17);1H. The summed E-state index contributed by atoms with van der Waals surface area (Å²) in [6.07, 6.45) is 4.19. The van der Waals surface area contributed by atoms with Gasteiger partial charge in [-0.2, -0.15) is 0 Å². The molecule has 0 aliphatic heterocycles. The highest BCUT2D eigenvalue weighted by Crippen LogP contribution is 2.11. The van der Waals surface area contributed by atoms with Gasteiger partial charge in [-0.3, -0.25) is 9.78 Å². The molecule has 1 heterocycles. The van der Waals surface area contributed by atoms with Crippen LogP contribution in [0.5, 0.6) is 0 Å². The zero-order valence-electron chi connectivity index (χ0n) is 10.1. The van der Waals surface area contributed by atoms with Crippen LogP contribution in [-0.4, -0.2) is 10.9 Å². The van der Waals surface area contributed by atoms with E-state index in [1.54, 1.807) is 24.5 Å². The van der Waals surface area contributed by atoms with Gasteiger partial charge in [0.05, 0.1) is 5.56 Å². The molecule has 4 heteroatoms. The Bertz CT molecular complexity index is 497. The number of carbonyl (C=O) groups excluding carboxylic acids is 1. The Balaban J connectivity index is 0.00000162. The van der Waals surface area contributed by atoms with Crippen LogP contribution in [0, 0.1) is 0 Å². The molecule has 0 aliphatic carbocycles. The summed E-state index contributed by atoms with van der Waals surface area (Å²) in [5.74, 6) is -0.137. The van der Waals surface area contributed by atoms with Gasteiger partial charge in [0.2, 0.25) is 0 Å². The number of nitrogens with zero attached hydrogens (tertiary/aromatic N) is 1. The normalized spacial score (nSPS) is 9.39. The molecule has 1 N–H and O–H groups in total. The Labute approximate surface area is 113 Å². The minimum atomic E-state index is -0.137. The first kappa shape index (κ1) is 14.2. The maximum atomic E-state index is 11.8. The molecule has 3 nitrogen and oxygen atoms in total. The van der Waals surface area contributed by atoms with Crippen molar-refractivity contribution in [3.8, 4) is 0 Å². The minimum Gasteiger partial charge on any atom is -0.322 e. The number of hydrogen-bond donors (Lipinski definition) is 1. The third-order valence-electron chi connectivity index (χ3n) is 2.54. The Morgan fingerprint density at radius 1 is 1.22 bits per heavy atom. The Morgan fingerprint density at radius 2 is 1.94 bits per heavy atom. The summed E-state index contributed by atoms with van der Waals surface area (Å²) >= 11 is 0. The van der Waals surface area contributed by atoms with E-state index in [0.717, 1.165) is 12.1 Å². The molecule has 0 fully saturated rings. The zero-order valence-corrected chi connectivity index (χ0v) is 10.9. The van der Waals surface area contributed by atoms with E-state index in [4.69, 9.17) is 0 Å². The quantitative estimate of drug-likeness (QED) is 0.922. The lowest BCUT2D eigenvalue weighted by atomic mass is 10.1. The van der Waals surface area contributed by atoms with Crippen molar-refractivity contribution in [1.82, 2.24) is 4.98 Å². The number of rotatable bonds is 3. The molecule has 0 atom stereocenters. The van der Waals surface area contributed by atoms with Crippen molar-refractivity contribution in [1.29, 1.82) is 0 Å². The summed E-state index contributed by atoms with van der Waals surface area (Å²) in [6.45, 7) is 2.10. The van der Waals surface area contributed by atoms with Gasteiger partial charge >= 0.3 is 0 Å². The highest BCUT2D eigenvalue weighted by molar-refractivity contribution is 6.03. The molecule has 1 aromatic carbocycles. The van der Waals surface area contributed by atoms with Gasteiger partial charge < -0.3 is 5.32 Å². The van der Waals surface area contributed by atoms with Gasteiger partial charge in [-0.25, -0.2) is 0 Å². The molecule has 1 aromatic heterocycles. The van der Waals surface area contributed by atoms with Crippen LogP contribution in [0.2, 0.25) is 0 Å². The first-order valence-electron chi connectivity index (χ1n) is 5.60. The summed E-state index contributed by atoms with van der Waals surface area (Å²) in [5, 5.41) is 2.83. The largest absolute Gasteiger partial charge is 0.322 e. The molecular formula is C14H15ClN2O. The van der Waals surface area contributed by atoms with Gasteiger partial charge in [0.15, 0.2) is 0 Å². The summed E-state index contributed by atoms with van der Waals surface area (Å²) in [5.41, 5.74) is 2.62. The summed E-state index contributed by atoms with van der Waals surface area (Å²) in [7, 11) is 0.